The fourth-order valence-electron chi connectivity index (χ4n) is 5.89. The van der Waals surface area contributed by atoms with Crippen molar-refractivity contribution in [2.45, 2.75) is 32.9 Å². The summed E-state index contributed by atoms with van der Waals surface area (Å²) in [5, 5.41) is 9.38. The van der Waals surface area contributed by atoms with Crippen LogP contribution in [0.5, 0.6) is 23.1 Å². The molecule has 8 nitrogen and oxygen atoms in total. The third-order valence-corrected chi connectivity index (χ3v) is 9.09. The van der Waals surface area contributed by atoms with Gasteiger partial charge in [0.25, 0.3) is 0 Å². The molecule has 0 spiro atoms. The number of nitriles is 1. The molecular weight excluding hydrogens is 707 g/mol. The number of piperazine rings is 1. The van der Waals surface area contributed by atoms with Gasteiger partial charge in [0.1, 0.15) is 18.1 Å². The van der Waals surface area contributed by atoms with Crippen molar-refractivity contribution in [2.24, 2.45) is 0 Å². The van der Waals surface area contributed by atoms with E-state index >= 15 is 0 Å². The van der Waals surface area contributed by atoms with E-state index in [2.05, 4.69) is 40.2 Å². The molecule has 2 heterocycles. The summed E-state index contributed by atoms with van der Waals surface area (Å²) in [5.41, 5.74) is 5.78. The summed E-state index contributed by atoms with van der Waals surface area (Å²) in [4.78, 5) is 21.7. The lowest BCUT2D eigenvalue weighted by atomic mass is 10.1. The first-order valence-electron chi connectivity index (χ1n) is 17.4. The van der Waals surface area contributed by atoms with E-state index in [1.54, 1.807) is 48.7 Å². The normalized spacial score (nSPS) is 12.9. The van der Waals surface area contributed by atoms with E-state index in [9.17, 15) is 4.79 Å². The van der Waals surface area contributed by atoms with Gasteiger partial charge in [0.15, 0.2) is 5.75 Å². The lowest BCUT2D eigenvalue weighted by Crippen LogP contribution is -2.47. The molecule has 10 heteroatoms. The van der Waals surface area contributed by atoms with Gasteiger partial charge in [0.05, 0.1) is 29.5 Å². The molecule has 0 radical (unpaired) electrons. The molecule has 1 aliphatic heterocycles. The highest BCUT2D eigenvalue weighted by Gasteiger charge is 2.20. The lowest BCUT2D eigenvalue weighted by molar-refractivity contribution is -0.127. The highest BCUT2D eigenvalue weighted by atomic mass is 35.5. The highest BCUT2D eigenvalue weighted by molar-refractivity contribution is 6.32. The Morgan fingerprint density at radius 3 is 2.26 bits per heavy atom. The van der Waals surface area contributed by atoms with Crippen molar-refractivity contribution in [3.63, 3.8) is 0 Å². The van der Waals surface area contributed by atoms with Crippen LogP contribution in [0.3, 0.4) is 0 Å². The number of nitrogens with zero attached hydrogens (tertiary/aromatic N) is 4. The van der Waals surface area contributed by atoms with Crippen LogP contribution in [-0.2, 0) is 24.4 Å². The largest absolute Gasteiger partial charge is 0.494 e. The number of amides is 1. The van der Waals surface area contributed by atoms with E-state index in [1.165, 1.54) is 11.1 Å². The van der Waals surface area contributed by atoms with Crippen molar-refractivity contribution in [1.82, 2.24) is 14.8 Å². The average molecular weight is 750 g/mol. The first-order valence-corrected chi connectivity index (χ1v) is 17.8. The van der Waals surface area contributed by atoms with Gasteiger partial charge in [-0.05, 0) is 96.1 Å². The van der Waals surface area contributed by atoms with Gasteiger partial charge in [-0.1, -0.05) is 66.2 Å². The van der Waals surface area contributed by atoms with Crippen LogP contribution < -0.4 is 14.2 Å². The summed E-state index contributed by atoms with van der Waals surface area (Å²) in [5.74, 6) is 2.37. The van der Waals surface area contributed by atoms with Crippen LogP contribution in [-0.4, -0.2) is 53.5 Å². The van der Waals surface area contributed by atoms with Crippen molar-refractivity contribution in [3.05, 3.63) is 154 Å². The Morgan fingerprint density at radius 2 is 1.58 bits per heavy atom. The Bertz CT molecular complexity index is 1970. The van der Waals surface area contributed by atoms with Gasteiger partial charge in [-0.15, -0.1) is 12.4 Å². The fraction of sp³-hybridized carbons (Fsp3) is 0.233. The van der Waals surface area contributed by atoms with E-state index in [0.29, 0.717) is 54.3 Å². The van der Waals surface area contributed by atoms with Crippen molar-refractivity contribution >= 4 is 36.0 Å². The van der Waals surface area contributed by atoms with Crippen molar-refractivity contribution in [2.75, 3.05) is 32.8 Å². The molecule has 272 valence electrons. The van der Waals surface area contributed by atoms with Gasteiger partial charge in [-0.25, -0.2) is 4.98 Å². The molecule has 0 aliphatic carbocycles. The minimum absolute atomic E-state index is 0. The summed E-state index contributed by atoms with van der Waals surface area (Å²) in [7, 11) is 0. The molecule has 4 aromatic carbocycles. The summed E-state index contributed by atoms with van der Waals surface area (Å²) < 4.78 is 17.6. The van der Waals surface area contributed by atoms with Crippen LogP contribution >= 0.6 is 24.0 Å². The lowest BCUT2D eigenvalue weighted by Gasteiger charge is -2.34. The average Bonchev–Trinajstić information content (AvgIpc) is 3.18. The summed E-state index contributed by atoms with van der Waals surface area (Å²) in [6, 6.07) is 35.3. The second kappa shape index (κ2) is 19.5. The third kappa shape index (κ3) is 11.6. The van der Waals surface area contributed by atoms with Gasteiger partial charge >= 0.3 is 0 Å². The molecule has 1 saturated heterocycles. The number of hydrogen-bond acceptors (Lipinski definition) is 7. The van der Waals surface area contributed by atoms with Crippen LogP contribution in [0.25, 0.3) is 6.08 Å². The number of halogens is 2. The van der Waals surface area contributed by atoms with E-state index in [4.69, 9.17) is 31.1 Å². The predicted molar refractivity (Wildman–Crippen MR) is 211 cm³/mol. The maximum atomic E-state index is 13.0. The SMILES string of the molecule is Cc1cc(C=CC(=O)N2CCN(Cc3ccc(CCCOc4ccccc4)cc3)CC2)cc(Cl)c1Oc1ccc(OCc2ccc(C#N)cc2)cn1.Cl. The van der Waals surface area contributed by atoms with Gasteiger partial charge in [-0.2, -0.15) is 5.26 Å². The van der Waals surface area contributed by atoms with Crippen molar-refractivity contribution in [3.8, 4) is 29.2 Å². The number of hydrogen-bond donors (Lipinski definition) is 0. The molecule has 0 saturated carbocycles. The summed E-state index contributed by atoms with van der Waals surface area (Å²) in [6.07, 6.45) is 6.96. The maximum absolute atomic E-state index is 13.0. The summed E-state index contributed by atoms with van der Waals surface area (Å²) in [6.45, 7) is 6.85. The van der Waals surface area contributed by atoms with Gasteiger partial charge in [0.2, 0.25) is 11.8 Å². The number of rotatable bonds is 14. The molecule has 53 heavy (non-hydrogen) atoms. The van der Waals surface area contributed by atoms with E-state index in [0.717, 1.165) is 54.9 Å². The quantitative estimate of drug-likeness (QED) is 0.0827. The molecule has 6 rings (SSSR count). The number of benzene rings is 4. The zero-order valence-corrected chi connectivity index (χ0v) is 31.2. The molecule has 0 unspecified atom stereocenters. The summed E-state index contributed by atoms with van der Waals surface area (Å²) >= 11 is 6.62. The third-order valence-electron chi connectivity index (χ3n) is 8.81. The Hall–Kier alpha value is -5.33. The van der Waals surface area contributed by atoms with Crippen LogP contribution in [0.4, 0.5) is 0 Å². The Balaban J connectivity index is 0.00000541. The molecule has 0 N–H and O–H groups in total. The van der Waals surface area contributed by atoms with Crippen LogP contribution in [0, 0.1) is 18.3 Å². The highest BCUT2D eigenvalue weighted by Crippen LogP contribution is 2.34. The number of aromatic nitrogens is 1. The number of carbonyl (C=O) groups excluding carboxylic acids is 1. The molecule has 1 amide bonds. The van der Waals surface area contributed by atoms with Gasteiger partial charge in [0, 0.05) is 44.9 Å². The number of ether oxygens (including phenoxy) is 3. The van der Waals surface area contributed by atoms with Gasteiger partial charge < -0.3 is 19.1 Å². The first-order chi connectivity index (χ1) is 25.4. The molecule has 1 aromatic heterocycles. The number of aryl methyl sites for hydroxylation is 2. The number of para-hydroxylation sites is 1. The van der Waals surface area contributed by atoms with Crippen molar-refractivity contribution < 1.29 is 19.0 Å². The standard InChI is InChI=1S/C43H41ClN4O4.ClH/c1-32-26-37(27-40(44)43(32)52-41-19-18-39(29-46-41)51-31-36-15-11-34(28-45)12-16-36)17-20-42(49)48-23-21-47(22-24-48)30-35-13-9-33(10-14-35)6-5-25-50-38-7-3-2-4-8-38;/h2-4,7-20,26-27,29H,5-6,21-25,30-31H2,1H3;1H. The van der Waals surface area contributed by atoms with Crippen LogP contribution in [0.2, 0.25) is 5.02 Å². The zero-order valence-electron chi connectivity index (χ0n) is 29.6. The van der Waals surface area contributed by atoms with Crippen molar-refractivity contribution in [1.29, 1.82) is 5.26 Å². The minimum atomic E-state index is -0.0139. The van der Waals surface area contributed by atoms with E-state index < -0.39 is 0 Å². The second-order valence-corrected chi connectivity index (χ2v) is 13.1. The molecular formula is C43H42Cl2N4O4. The maximum Gasteiger partial charge on any atom is 0.246 e. The van der Waals surface area contributed by atoms with Gasteiger partial charge in [-0.3, -0.25) is 9.69 Å². The zero-order chi connectivity index (χ0) is 36.1. The second-order valence-electron chi connectivity index (χ2n) is 12.7. The molecule has 5 aromatic rings. The topological polar surface area (TPSA) is 87.9 Å². The fourth-order valence-corrected chi connectivity index (χ4v) is 6.21. The van der Waals surface area contributed by atoms with Crippen LogP contribution in [0.1, 0.15) is 39.8 Å². The minimum Gasteiger partial charge on any atom is -0.494 e. The smallest absolute Gasteiger partial charge is 0.246 e. The van der Waals surface area contributed by atoms with Crippen LogP contribution in [0.15, 0.2) is 115 Å². The number of carbonyl (C=O) groups is 1. The number of pyridine rings is 1. The molecule has 1 aliphatic rings. The molecule has 1 fully saturated rings. The Kier molecular flexibility index (Phi) is 14.3. The van der Waals surface area contributed by atoms with E-state index in [-0.39, 0.29) is 18.3 Å². The molecule has 0 bridgehead atoms. The van der Waals surface area contributed by atoms with E-state index in [1.807, 2.05) is 60.4 Å². The molecule has 0 atom stereocenters. The predicted octanol–water partition coefficient (Wildman–Crippen LogP) is 9.08. The Labute approximate surface area is 322 Å². The monoisotopic (exact) mass is 748 g/mol. The Morgan fingerprint density at radius 1 is 0.868 bits per heavy atom. The first kappa shape index (κ1) is 38.9.